The Hall–Kier alpha value is -1.63. The molecule has 2 nitrogen and oxygen atoms in total. The molecular weight excluding hydrogens is 340 g/mol. The molecule has 0 fully saturated rings. The van der Waals surface area contributed by atoms with Crippen molar-refractivity contribution in [2.45, 2.75) is 71.1 Å². The molecular formula is C23H31ClN2. The fraction of sp³-hybridized carbons (Fsp3) is 0.522. The van der Waals surface area contributed by atoms with Gasteiger partial charge in [-0.1, -0.05) is 101 Å². The van der Waals surface area contributed by atoms with Gasteiger partial charge in [-0.2, -0.15) is 4.99 Å². The van der Waals surface area contributed by atoms with Gasteiger partial charge < -0.3 is 0 Å². The van der Waals surface area contributed by atoms with Crippen LogP contribution in [0.1, 0.15) is 71.1 Å². The Morgan fingerprint density at radius 3 is 2.08 bits per heavy atom. The van der Waals surface area contributed by atoms with Gasteiger partial charge in [0, 0.05) is 22.3 Å². The van der Waals surface area contributed by atoms with E-state index in [4.69, 9.17) is 11.6 Å². The van der Waals surface area contributed by atoms with Crippen LogP contribution in [0.3, 0.4) is 0 Å². The lowest BCUT2D eigenvalue weighted by Crippen LogP contribution is -1.84. The highest BCUT2D eigenvalue weighted by Crippen LogP contribution is 2.31. The van der Waals surface area contributed by atoms with Gasteiger partial charge in [0.15, 0.2) is 0 Å². The summed E-state index contributed by atoms with van der Waals surface area (Å²) in [5.41, 5.74) is 0.872. The van der Waals surface area contributed by atoms with Crippen LogP contribution in [0.15, 0.2) is 46.4 Å². The number of benzene rings is 2. The molecule has 2 aromatic carbocycles. The molecule has 0 aliphatic heterocycles. The quantitative estimate of drug-likeness (QED) is 0.265. The minimum absolute atomic E-state index is 0.752. The molecule has 3 heteroatoms. The molecule has 0 N–H and O–H groups in total. The first kappa shape index (κ1) is 20.7. The average molecular weight is 371 g/mol. The van der Waals surface area contributed by atoms with Crippen molar-refractivity contribution in [2.75, 3.05) is 6.54 Å². The molecule has 0 atom stereocenters. The number of aliphatic imine (C=N–C) groups is 2. The molecule has 2 aromatic rings. The summed E-state index contributed by atoms with van der Waals surface area (Å²) in [5, 5.41) is 2.82. The number of halogens is 1. The van der Waals surface area contributed by atoms with Crippen molar-refractivity contribution in [3.05, 3.63) is 41.4 Å². The number of hydrogen-bond donors (Lipinski definition) is 0. The van der Waals surface area contributed by atoms with Crippen LogP contribution < -0.4 is 0 Å². The van der Waals surface area contributed by atoms with Crippen molar-refractivity contribution in [1.29, 1.82) is 0 Å². The van der Waals surface area contributed by atoms with Gasteiger partial charge >= 0.3 is 0 Å². The van der Waals surface area contributed by atoms with Crippen LogP contribution in [0.5, 0.6) is 0 Å². The maximum Gasteiger partial charge on any atom is 0.0949 e. The molecule has 0 spiro atoms. The number of rotatable bonds is 12. The van der Waals surface area contributed by atoms with Crippen LogP contribution in [0.4, 0.5) is 5.69 Å². The fourth-order valence-corrected chi connectivity index (χ4v) is 3.39. The Morgan fingerprint density at radius 2 is 1.38 bits per heavy atom. The van der Waals surface area contributed by atoms with Crippen molar-refractivity contribution in [3.63, 3.8) is 0 Å². The van der Waals surface area contributed by atoms with E-state index in [0.29, 0.717) is 0 Å². The maximum absolute atomic E-state index is 6.23. The second-order valence-corrected chi connectivity index (χ2v) is 7.29. The minimum Gasteiger partial charge on any atom is -0.225 e. The molecule has 0 saturated heterocycles. The number of unbranched alkanes of at least 4 members (excludes halogenated alkanes) is 9. The standard InChI is InChI=1S/C23H31ClN2/c1-2-3-4-5-6-7-8-9-10-13-18-25-19-26-23-17-16-22(24)20-14-11-12-15-21(20)23/h11-12,14-17H,2-10,13,18H2,1H3. The molecule has 0 radical (unpaired) electrons. The third-order valence-corrected chi connectivity index (χ3v) is 5.04. The van der Waals surface area contributed by atoms with Crippen molar-refractivity contribution >= 4 is 34.1 Å². The van der Waals surface area contributed by atoms with E-state index >= 15 is 0 Å². The van der Waals surface area contributed by atoms with Crippen LogP contribution in [0.2, 0.25) is 5.02 Å². The summed E-state index contributed by atoms with van der Waals surface area (Å²) in [6.07, 6.45) is 13.4. The van der Waals surface area contributed by atoms with Crippen LogP contribution >= 0.6 is 11.6 Å². The predicted octanol–water partition coefficient (Wildman–Crippen LogP) is 8.22. The van der Waals surface area contributed by atoms with Crippen LogP contribution in [-0.4, -0.2) is 12.6 Å². The molecule has 0 heterocycles. The molecule has 140 valence electrons. The van der Waals surface area contributed by atoms with Gasteiger partial charge in [0.2, 0.25) is 0 Å². The summed E-state index contributed by atoms with van der Waals surface area (Å²) in [7, 11) is 0. The van der Waals surface area contributed by atoms with Crippen molar-refractivity contribution in [1.82, 2.24) is 0 Å². The van der Waals surface area contributed by atoms with E-state index < -0.39 is 0 Å². The second kappa shape index (κ2) is 12.7. The molecule has 0 aliphatic carbocycles. The number of nitrogens with zero attached hydrogens (tertiary/aromatic N) is 2. The molecule has 0 saturated carbocycles. The molecule has 0 aromatic heterocycles. The number of hydrogen-bond acceptors (Lipinski definition) is 2. The smallest absolute Gasteiger partial charge is 0.0949 e. The maximum atomic E-state index is 6.23. The van der Waals surface area contributed by atoms with Gasteiger partial charge in [0.25, 0.3) is 0 Å². The summed E-state index contributed by atoms with van der Waals surface area (Å²) in [6, 6.07) is 14.7. The normalized spacial score (nSPS) is 10.7. The molecule has 0 bridgehead atoms. The molecule has 2 rings (SSSR count). The van der Waals surface area contributed by atoms with Gasteiger partial charge in [-0.05, 0) is 18.6 Å². The lowest BCUT2D eigenvalue weighted by atomic mass is 10.1. The van der Waals surface area contributed by atoms with E-state index in [0.717, 1.165) is 34.4 Å². The molecule has 0 amide bonds. The first-order valence-corrected chi connectivity index (χ1v) is 10.5. The first-order valence-electron chi connectivity index (χ1n) is 10.1. The Labute approximate surface area is 163 Å². The van der Waals surface area contributed by atoms with Crippen molar-refractivity contribution in [3.8, 4) is 0 Å². The van der Waals surface area contributed by atoms with E-state index in [2.05, 4.69) is 22.9 Å². The Balaban J connectivity index is 1.64. The zero-order valence-corrected chi connectivity index (χ0v) is 16.8. The zero-order valence-electron chi connectivity index (χ0n) is 16.0. The molecule has 0 unspecified atom stereocenters. The van der Waals surface area contributed by atoms with E-state index in [9.17, 15) is 0 Å². The lowest BCUT2D eigenvalue weighted by Gasteiger charge is -2.02. The summed E-state index contributed by atoms with van der Waals surface area (Å²) in [5.74, 6) is 0. The highest BCUT2D eigenvalue weighted by molar-refractivity contribution is 6.36. The van der Waals surface area contributed by atoms with Gasteiger partial charge in [-0.25, -0.2) is 4.99 Å². The van der Waals surface area contributed by atoms with Gasteiger partial charge in [-0.15, -0.1) is 0 Å². The lowest BCUT2D eigenvalue weighted by molar-refractivity contribution is 0.558. The SMILES string of the molecule is CCCCCCCCCCCCN=C=Nc1ccc(Cl)c2ccccc12. The third-order valence-electron chi connectivity index (χ3n) is 4.71. The second-order valence-electron chi connectivity index (χ2n) is 6.89. The summed E-state index contributed by atoms with van der Waals surface area (Å²) < 4.78 is 0. The average Bonchev–Trinajstić information content (AvgIpc) is 2.67. The van der Waals surface area contributed by atoms with Crippen molar-refractivity contribution < 1.29 is 0 Å². The molecule has 0 aliphatic rings. The largest absolute Gasteiger partial charge is 0.225 e. The minimum atomic E-state index is 0.752. The van der Waals surface area contributed by atoms with Crippen LogP contribution in [0, 0.1) is 0 Å². The summed E-state index contributed by atoms with van der Waals surface area (Å²) >= 11 is 6.23. The zero-order chi connectivity index (χ0) is 18.5. The van der Waals surface area contributed by atoms with Gasteiger partial charge in [-0.3, -0.25) is 0 Å². The summed E-state index contributed by atoms with van der Waals surface area (Å²) in [6.45, 7) is 3.08. The Bertz CT molecular complexity index is 717. The van der Waals surface area contributed by atoms with Crippen LogP contribution in [-0.2, 0) is 0 Å². The Morgan fingerprint density at radius 1 is 0.769 bits per heavy atom. The van der Waals surface area contributed by atoms with E-state index in [1.54, 1.807) is 0 Å². The first-order chi connectivity index (χ1) is 12.8. The van der Waals surface area contributed by atoms with Crippen molar-refractivity contribution in [2.24, 2.45) is 9.98 Å². The monoisotopic (exact) mass is 370 g/mol. The molecule has 26 heavy (non-hydrogen) atoms. The van der Waals surface area contributed by atoms with E-state index in [1.807, 2.05) is 36.4 Å². The number of fused-ring (bicyclic) bond motifs is 1. The predicted molar refractivity (Wildman–Crippen MR) is 115 cm³/mol. The fourth-order valence-electron chi connectivity index (χ4n) is 3.16. The van der Waals surface area contributed by atoms with Gasteiger partial charge in [0.1, 0.15) is 0 Å². The van der Waals surface area contributed by atoms with Crippen LogP contribution in [0.25, 0.3) is 10.8 Å². The van der Waals surface area contributed by atoms with E-state index in [1.165, 1.54) is 57.8 Å². The third kappa shape index (κ3) is 7.32. The summed E-state index contributed by atoms with van der Waals surface area (Å²) in [4.78, 5) is 8.70. The highest BCUT2D eigenvalue weighted by Gasteiger charge is 2.02. The van der Waals surface area contributed by atoms with E-state index in [-0.39, 0.29) is 0 Å². The Kier molecular flexibility index (Phi) is 10.1. The van der Waals surface area contributed by atoms with Gasteiger partial charge in [0.05, 0.1) is 11.7 Å². The topological polar surface area (TPSA) is 24.7 Å². The highest BCUT2D eigenvalue weighted by atomic mass is 35.5.